The smallest absolute Gasteiger partial charge is 0.261 e. The van der Waals surface area contributed by atoms with E-state index in [-0.39, 0.29) is 23.5 Å². The average molecular weight is 667 g/mol. The molecule has 0 spiro atoms. The lowest BCUT2D eigenvalue weighted by Gasteiger charge is -2.23. The minimum atomic E-state index is -0.214. The van der Waals surface area contributed by atoms with Crippen molar-refractivity contribution in [1.82, 2.24) is 9.80 Å². The normalized spacial score (nSPS) is 16.2. The van der Waals surface area contributed by atoms with E-state index in [0.717, 1.165) is 38.5 Å². The van der Waals surface area contributed by atoms with Gasteiger partial charge in [-0.05, 0) is 43.2 Å². The van der Waals surface area contributed by atoms with Crippen molar-refractivity contribution < 1.29 is 23.2 Å². The Morgan fingerprint density at radius 2 is 1.02 bits per heavy atom. The number of amides is 2. The fourth-order valence-electron chi connectivity index (χ4n) is 7.04. The van der Waals surface area contributed by atoms with Crippen molar-refractivity contribution in [3.8, 4) is 0 Å². The number of hydrogen-bond acceptors (Lipinski definition) is 5. The number of furan rings is 2. The second kappa shape index (κ2) is 18.6. The maximum atomic E-state index is 14.4. The molecule has 0 saturated carbocycles. The van der Waals surface area contributed by atoms with Gasteiger partial charge in [-0.15, -0.1) is 0 Å². The fourth-order valence-corrected chi connectivity index (χ4v) is 7.04. The Labute approximate surface area is 292 Å². The van der Waals surface area contributed by atoms with Crippen LogP contribution in [0.25, 0.3) is 17.5 Å². The third-order valence-corrected chi connectivity index (χ3v) is 9.75. The Balaban J connectivity index is 1.42. The molecular weight excluding hydrogens is 612 g/mol. The highest BCUT2D eigenvalue weighted by molar-refractivity contribution is 6.29. The van der Waals surface area contributed by atoms with Crippen LogP contribution < -0.4 is 0 Å². The first kappa shape index (κ1) is 36.2. The van der Waals surface area contributed by atoms with Gasteiger partial charge in [0.15, 0.2) is 23.6 Å². The van der Waals surface area contributed by atoms with Gasteiger partial charge in [0.05, 0.1) is 11.1 Å². The van der Waals surface area contributed by atoms with Crippen LogP contribution in [-0.2, 0) is 9.59 Å². The zero-order valence-corrected chi connectivity index (χ0v) is 29.6. The van der Waals surface area contributed by atoms with Crippen LogP contribution in [0.15, 0.2) is 74.6 Å². The molecule has 2 aromatic heterocycles. The largest absolute Gasteiger partial charge is 0.455 e. The maximum Gasteiger partial charge on any atom is 0.261 e. The molecule has 0 radical (unpaired) electrons. The van der Waals surface area contributed by atoms with Gasteiger partial charge in [-0.3, -0.25) is 14.4 Å². The molecule has 2 amide bonds. The summed E-state index contributed by atoms with van der Waals surface area (Å²) in [5.74, 6) is 1.48. The zero-order chi connectivity index (χ0) is 34.4. The standard InChI is InChI=1S/C42H54N2O5/c1-3-5-7-9-11-13-15-19-29-43-39(35-27-25-33(48-35)24-23-32-21-17-18-22-32)37-38(42(43)47)40(36-28-26-34(31-45)49-36)44(41(37)46)30-20-16-14-12-10-8-6-4-2/h17-18,21-28,31-32H,3-16,19-20,29-30H2,1-2H3/b24-23+. The number of allylic oxidation sites excluding steroid dienone is 5. The molecule has 0 fully saturated rings. The van der Waals surface area contributed by atoms with Crippen LogP contribution in [0.5, 0.6) is 0 Å². The number of hydrogen-bond donors (Lipinski definition) is 0. The monoisotopic (exact) mass is 666 g/mol. The number of aldehydes is 1. The number of rotatable bonds is 23. The maximum absolute atomic E-state index is 14.4. The molecule has 3 aliphatic rings. The summed E-state index contributed by atoms with van der Waals surface area (Å²) in [5.41, 5.74) is 1.71. The molecule has 49 heavy (non-hydrogen) atoms. The summed E-state index contributed by atoms with van der Waals surface area (Å²) in [5, 5.41) is 0. The van der Waals surface area contributed by atoms with Crippen LogP contribution >= 0.6 is 0 Å². The second-order valence-electron chi connectivity index (χ2n) is 13.5. The summed E-state index contributed by atoms with van der Waals surface area (Å²) >= 11 is 0. The summed E-state index contributed by atoms with van der Waals surface area (Å²) < 4.78 is 12.2. The molecule has 0 saturated heterocycles. The van der Waals surface area contributed by atoms with E-state index in [1.54, 1.807) is 21.9 Å². The van der Waals surface area contributed by atoms with E-state index in [4.69, 9.17) is 8.83 Å². The van der Waals surface area contributed by atoms with Crippen LogP contribution in [-0.4, -0.2) is 41.0 Å². The Morgan fingerprint density at radius 3 is 1.47 bits per heavy atom. The average Bonchev–Trinajstić information content (AvgIpc) is 3.95. The van der Waals surface area contributed by atoms with Crippen molar-refractivity contribution in [3.05, 3.63) is 88.8 Å². The SMILES string of the molecule is CCCCCCCCCCN1C(=O)C2=C(c3ccc(/C=C/C4C=CC=C4)o3)N(CCCCCCCCCC)C(=O)C2=C1c1ccc(C=O)o1. The molecule has 2 aromatic rings. The predicted molar refractivity (Wildman–Crippen MR) is 196 cm³/mol. The lowest BCUT2D eigenvalue weighted by Crippen LogP contribution is -2.31. The Kier molecular flexibility index (Phi) is 13.7. The van der Waals surface area contributed by atoms with Gasteiger partial charge in [-0.1, -0.05) is 134 Å². The lowest BCUT2D eigenvalue weighted by molar-refractivity contribution is -0.124. The van der Waals surface area contributed by atoms with Gasteiger partial charge in [0.1, 0.15) is 17.2 Å². The number of fused-ring (bicyclic) bond motifs is 1. The van der Waals surface area contributed by atoms with E-state index in [1.165, 1.54) is 64.2 Å². The predicted octanol–water partition coefficient (Wildman–Crippen LogP) is 10.5. The number of carbonyl (C=O) groups is 3. The van der Waals surface area contributed by atoms with Crippen LogP contribution in [0.2, 0.25) is 0 Å². The van der Waals surface area contributed by atoms with Crippen molar-refractivity contribution >= 4 is 35.6 Å². The molecule has 5 rings (SSSR count). The molecule has 4 heterocycles. The highest BCUT2D eigenvalue weighted by Crippen LogP contribution is 2.47. The molecular formula is C42H54N2O5. The van der Waals surface area contributed by atoms with E-state index in [9.17, 15) is 14.4 Å². The molecule has 1 aliphatic carbocycles. The molecule has 2 aliphatic heterocycles. The summed E-state index contributed by atoms with van der Waals surface area (Å²) in [6.07, 6.45) is 31.2. The van der Waals surface area contributed by atoms with Crippen molar-refractivity contribution in [2.24, 2.45) is 5.92 Å². The van der Waals surface area contributed by atoms with Gasteiger partial charge in [-0.2, -0.15) is 0 Å². The van der Waals surface area contributed by atoms with E-state index in [0.29, 0.717) is 59.2 Å². The fraction of sp³-hybridized carbons (Fsp3) is 0.500. The highest BCUT2D eigenvalue weighted by atomic mass is 16.4. The Bertz CT molecular complexity index is 1570. The number of unbranched alkanes of at least 4 members (excludes halogenated alkanes) is 14. The van der Waals surface area contributed by atoms with E-state index in [2.05, 4.69) is 32.1 Å². The number of nitrogens with zero attached hydrogens (tertiary/aromatic N) is 2. The molecule has 0 aromatic carbocycles. The summed E-state index contributed by atoms with van der Waals surface area (Å²) in [6, 6.07) is 7.04. The van der Waals surface area contributed by atoms with E-state index >= 15 is 0 Å². The molecule has 7 nitrogen and oxygen atoms in total. The van der Waals surface area contributed by atoms with E-state index < -0.39 is 0 Å². The van der Waals surface area contributed by atoms with Crippen molar-refractivity contribution in [3.63, 3.8) is 0 Å². The summed E-state index contributed by atoms with van der Waals surface area (Å²) in [7, 11) is 0. The molecule has 0 N–H and O–H groups in total. The van der Waals surface area contributed by atoms with Crippen LogP contribution in [0.1, 0.15) is 144 Å². The summed E-state index contributed by atoms with van der Waals surface area (Å²) in [6.45, 7) is 5.42. The van der Waals surface area contributed by atoms with Crippen LogP contribution in [0.4, 0.5) is 0 Å². The van der Waals surface area contributed by atoms with Gasteiger partial charge in [0.2, 0.25) is 0 Å². The first-order chi connectivity index (χ1) is 24.1. The first-order valence-corrected chi connectivity index (χ1v) is 18.9. The second-order valence-corrected chi connectivity index (χ2v) is 13.5. The van der Waals surface area contributed by atoms with Crippen molar-refractivity contribution in [2.45, 2.75) is 117 Å². The van der Waals surface area contributed by atoms with Gasteiger partial charge in [-0.25, -0.2) is 0 Å². The zero-order valence-electron chi connectivity index (χ0n) is 29.6. The Morgan fingerprint density at radius 1 is 0.592 bits per heavy atom. The molecule has 7 heteroatoms. The van der Waals surface area contributed by atoms with Crippen molar-refractivity contribution in [1.29, 1.82) is 0 Å². The number of carbonyl (C=O) groups excluding carboxylic acids is 3. The highest BCUT2D eigenvalue weighted by Gasteiger charge is 2.50. The van der Waals surface area contributed by atoms with Crippen molar-refractivity contribution in [2.75, 3.05) is 13.1 Å². The topological polar surface area (TPSA) is 84.0 Å². The lowest BCUT2D eigenvalue weighted by atomic mass is 10.1. The quantitative estimate of drug-likeness (QED) is 0.0870. The first-order valence-electron chi connectivity index (χ1n) is 18.9. The Hall–Kier alpha value is -4.13. The van der Waals surface area contributed by atoms with Gasteiger partial charge in [0.25, 0.3) is 11.8 Å². The van der Waals surface area contributed by atoms with Gasteiger partial charge < -0.3 is 18.6 Å². The van der Waals surface area contributed by atoms with Gasteiger partial charge >= 0.3 is 0 Å². The van der Waals surface area contributed by atoms with Crippen LogP contribution in [0.3, 0.4) is 0 Å². The van der Waals surface area contributed by atoms with Crippen LogP contribution in [0, 0.1) is 5.92 Å². The minimum Gasteiger partial charge on any atom is -0.455 e. The third-order valence-electron chi connectivity index (χ3n) is 9.75. The molecule has 0 unspecified atom stereocenters. The summed E-state index contributed by atoms with van der Waals surface area (Å²) in [4.78, 5) is 43.9. The molecule has 0 atom stereocenters. The van der Waals surface area contributed by atoms with Gasteiger partial charge in [0, 0.05) is 19.0 Å². The molecule has 0 bridgehead atoms. The molecule has 262 valence electrons. The minimum absolute atomic E-state index is 0.163. The van der Waals surface area contributed by atoms with E-state index in [1.807, 2.05) is 30.4 Å². The third kappa shape index (κ3) is 9.11.